The zero-order valence-electron chi connectivity index (χ0n) is 9.95. The predicted molar refractivity (Wildman–Crippen MR) is 68.1 cm³/mol. The molecule has 4 heteroatoms. The first-order chi connectivity index (χ1) is 8.16. The first-order valence-electron chi connectivity index (χ1n) is 6.09. The maximum absolute atomic E-state index is 11.9. The predicted octanol–water partition coefficient (Wildman–Crippen LogP) is 3.04. The van der Waals surface area contributed by atoms with Crippen molar-refractivity contribution in [3.05, 3.63) is 29.0 Å². The molecule has 2 rings (SSSR count). The Balaban J connectivity index is 1.94. The van der Waals surface area contributed by atoms with E-state index in [1.54, 1.807) is 12.1 Å². The van der Waals surface area contributed by atoms with Gasteiger partial charge in [-0.3, -0.25) is 4.79 Å². The maximum Gasteiger partial charge on any atom is 0.253 e. The number of hydrogen-bond donors (Lipinski definition) is 1. The Bertz CT molecular complexity index is 385. The Hall–Kier alpha value is -1.09. The highest BCUT2D eigenvalue weighted by molar-refractivity contribution is 6.29. The molecule has 17 heavy (non-hydrogen) atoms. The quantitative estimate of drug-likeness (QED) is 0.841. The van der Waals surface area contributed by atoms with E-state index in [9.17, 15) is 4.79 Å². The first kappa shape index (κ1) is 12.4. The summed E-state index contributed by atoms with van der Waals surface area (Å²) in [6.07, 6.45) is 6.53. The van der Waals surface area contributed by atoms with E-state index in [1.165, 1.54) is 31.9 Å². The summed E-state index contributed by atoms with van der Waals surface area (Å²) < 4.78 is 0. The number of carbonyl (C=O) groups excluding carboxylic acids is 1. The zero-order chi connectivity index (χ0) is 12.3. The van der Waals surface area contributed by atoms with Crippen LogP contribution in [0.3, 0.4) is 0 Å². The summed E-state index contributed by atoms with van der Waals surface area (Å²) in [5, 5.41) is 3.44. The van der Waals surface area contributed by atoms with Gasteiger partial charge in [0.25, 0.3) is 5.91 Å². The molecular weight excluding hydrogens is 236 g/mol. The lowest BCUT2D eigenvalue weighted by Gasteiger charge is -2.20. The minimum absolute atomic E-state index is 0.0615. The van der Waals surface area contributed by atoms with Gasteiger partial charge in [-0.05, 0) is 37.8 Å². The van der Waals surface area contributed by atoms with Crippen LogP contribution in [0.5, 0.6) is 0 Å². The van der Waals surface area contributed by atoms with E-state index in [4.69, 9.17) is 11.6 Å². The smallest absolute Gasteiger partial charge is 0.253 e. The van der Waals surface area contributed by atoms with Crippen LogP contribution in [0.25, 0.3) is 0 Å². The average Bonchev–Trinajstić information content (AvgIpc) is 2.83. The van der Waals surface area contributed by atoms with E-state index in [0.717, 1.165) is 0 Å². The number of hydrogen-bond acceptors (Lipinski definition) is 2. The van der Waals surface area contributed by atoms with Gasteiger partial charge >= 0.3 is 0 Å². The molecule has 3 nitrogen and oxygen atoms in total. The van der Waals surface area contributed by atoms with Crippen molar-refractivity contribution in [3.8, 4) is 0 Å². The van der Waals surface area contributed by atoms with Crippen LogP contribution in [0.15, 0.2) is 18.3 Å². The number of halogens is 1. The van der Waals surface area contributed by atoms with Gasteiger partial charge in [-0.2, -0.15) is 0 Å². The van der Waals surface area contributed by atoms with E-state index in [1.807, 2.05) is 0 Å². The standard InChI is InChI=1S/C13H17ClN2O/c1-9(10-4-2-3-5-10)16-13(17)11-6-7-12(14)15-8-11/h6-10H,2-5H2,1H3,(H,16,17). The number of amides is 1. The summed E-state index contributed by atoms with van der Waals surface area (Å²) in [5.41, 5.74) is 0.569. The van der Waals surface area contributed by atoms with E-state index in [2.05, 4.69) is 17.2 Å². The normalized spacial score (nSPS) is 18.0. The van der Waals surface area contributed by atoms with Gasteiger partial charge in [-0.25, -0.2) is 4.98 Å². The molecule has 1 aromatic heterocycles. The van der Waals surface area contributed by atoms with Crippen LogP contribution >= 0.6 is 11.6 Å². The van der Waals surface area contributed by atoms with Crippen molar-refractivity contribution >= 4 is 17.5 Å². The van der Waals surface area contributed by atoms with Crippen LogP contribution < -0.4 is 5.32 Å². The zero-order valence-corrected chi connectivity index (χ0v) is 10.7. The summed E-state index contributed by atoms with van der Waals surface area (Å²) in [7, 11) is 0. The maximum atomic E-state index is 11.9. The molecule has 1 unspecified atom stereocenters. The number of carbonyl (C=O) groups is 1. The fourth-order valence-corrected chi connectivity index (χ4v) is 2.49. The Morgan fingerprint density at radius 3 is 2.76 bits per heavy atom. The molecule has 1 atom stereocenters. The van der Waals surface area contributed by atoms with Crippen LogP contribution in [-0.2, 0) is 0 Å². The molecule has 1 N–H and O–H groups in total. The molecule has 1 aromatic rings. The van der Waals surface area contributed by atoms with Gasteiger partial charge in [0.1, 0.15) is 5.15 Å². The molecule has 1 aliphatic rings. The number of nitrogens with one attached hydrogen (secondary N) is 1. The highest BCUT2D eigenvalue weighted by Crippen LogP contribution is 2.27. The second-order valence-corrected chi connectivity index (χ2v) is 5.06. The molecule has 1 saturated carbocycles. The van der Waals surface area contributed by atoms with Gasteiger partial charge < -0.3 is 5.32 Å². The second-order valence-electron chi connectivity index (χ2n) is 4.68. The Labute approximate surface area is 107 Å². The fraction of sp³-hybridized carbons (Fsp3) is 0.538. The van der Waals surface area contributed by atoms with E-state index in [-0.39, 0.29) is 11.9 Å². The van der Waals surface area contributed by atoms with Crippen molar-refractivity contribution in [3.63, 3.8) is 0 Å². The van der Waals surface area contributed by atoms with Gasteiger partial charge in [-0.15, -0.1) is 0 Å². The third kappa shape index (κ3) is 3.19. The summed E-state index contributed by atoms with van der Waals surface area (Å²) in [4.78, 5) is 15.8. The lowest BCUT2D eigenvalue weighted by atomic mass is 9.99. The molecule has 0 spiro atoms. The Morgan fingerprint density at radius 2 is 2.18 bits per heavy atom. The van der Waals surface area contributed by atoms with Crippen LogP contribution in [0.4, 0.5) is 0 Å². The summed E-state index contributed by atoms with van der Waals surface area (Å²) >= 11 is 5.68. The van der Waals surface area contributed by atoms with Gasteiger partial charge in [-0.1, -0.05) is 24.4 Å². The topological polar surface area (TPSA) is 42.0 Å². The Kier molecular flexibility index (Phi) is 4.00. The van der Waals surface area contributed by atoms with Crippen molar-refractivity contribution in [2.45, 2.75) is 38.6 Å². The van der Waals surface area contributed by atoms with E-state index < -0.39 is 0 Å². The molecule has 92 valence electrons. The molecule has 0 bridgehead atoms. The van der Waals surface area contributed by atoms with Crippen molar-refractivity contribution in [1.29, 1.82) is 0 Å². The highest BCUT2D eigenvalue weighted by atomic mass is 35.5. The number of rotatable bonds is 3. The number of aromatic nitrogens is 1. The molecule has 0 saturated heterocycles. The summed E-state index contributed by atoms with van der Waals surface area (Å²) in [6, 6.07) is 3.57. The minimum Gasteiger partial charge on any atom is -0.349 e. The van der Waals surface area contributed by atoms with Crippen molar-refractivity contribution < 1.29 is 4.79 Å². The first-order valence-corrected chi connectivity index (χ1v) is 6.47. The molecule has 0 radical (unpaired) electrons. The lowest BCUT2D eigenvalue weighted by molar-refractivity contribution is 0.0927. The molecule has 0 aromatic carbocycles. The van der Waals surface area contributed by atoms with Crippen molar-refractivity contribution in [1.82, 2.24) is 10.3 Å². The molecule has 1 amide bonds. The van der Waals surface area contributed by atoms with Crippen LogP contribution in [0.1, 0.15) is 43.0 Å². The van der Waals surface area contributed by atoms with E-state index >= 15 is 0 Å². The summed E-state index contributed by atoms with van der Waals surface area (Å²) in [6.45, 7) is 2.08. The number of pyridine rings is 1. The monoisotopic (exact) mass is 252 g/mol. The van der Waals surface area contributed by atoms with Gasteiger partial charge in [0.05, 0.1) is 5.56 Å². The fourth-order valence-electron chi connectivity index (χ4n) is 2.38. The molecule has 1 aliphatic carbocycles. The third-order valence-electron chi connectivity index (χ3n) is 3.46. The van der Waals surface area contributed by atoms with E-state index in [0.29, 0.717) is 16.6 Å². The average molecular weight is 253 g/mol. The van der Waals surface area contributed by atoms with Gasteiger partial charge in [0, 0.05) is 12.2 Å². The number of nitrogens with zero attached hydrogens (tertiary/aromatic N) is 1. The van der Waals surface area contributed by atoms with Crippen molar-refractivity contribution in [2.24, 2.45) is 5.92 Å². The SMILES string of the molecule is CC(NC(=O)c1ccc(Cl)nc1)C1CCCC1. The summed E-state index contributed by atoms with van der Waals surface area (Å²) in [5.74, 6) is 0.563. The van der Waals surface area contributed by atoms with Crippen molar-refractivity contribution in [2.75, 3.05) is 0 Å². The highest BCUT2D eigenvalue weighted by Gasteiger charge is 2.23. The third-order valence-corrected chi connectivity index (χ3v) is 3.68. The molecular formula is C13H17ClN2O. The van der Waals surface area contributed by atoms with Crippen LogP contribution in [0.2, 0.25) is 5.15 Å². The largest absolute Gasteiger partial charge is 0.349 e. The Morgan fingerprint density at radius 1 is 1.47 bits per heavy atom. The van der Waals surface area contributed by atoms with Gasteiger partial charge in [0.2, 0.25) is 0 Å². The molecule has 1 fully saturated rings. The second kappa shape index (κ2) is 5.50. The van der Waals surface area contributed by atoms with Crippen LogP contribution in [0, 0.1) is 5.92 Å². The minimum atomic E-state index is -0.0615. The van der Waals surface area contributed by atoms with Gasteiger partial charge in [0.15, 0.2) is 0 Å². The lowest BCUT2D eigenvalue weighted by Crippen LogP contribution is -2.37. The molecule has 0 aliphatic heterocycles. The van der Waals surface area contributed by atoms with Crippen LogP contribution in [-0.4, -0.2) is 16.9 Å². The molecule has 1 heterocycles.